The molecule has 0 spiro atoms. The second-order valence-corrected chi connectivity index (χ2v) is 8.98. The van der Waals surface area contributed by atoms with E-state index >= 15 is 0 Å². The molecule has 2 aromatic carbocycles. The number of nitrogens with zero attached hydrogens (tertiary/aromatic N) is 1. The van der Waals surface area contributed by atoms with E-state index in [0.717, 1.165) is 0 Å². The van der Waals surface area contributed by atoms with Crippen LogP contribution in [0.15, 0.2) is 48.5 Å². The molecule has 3 aromatic rings. The Bertz CT molecular complexity index is 813. The van der Waals surface area contributed by atoms with E-state index in [9.17, 15) is 0 Å². The molecule has 0 aliphatic carbocycles. The lowest BCUT2D eigenvalue weighted by molar-refractivity contribution is 0.143. The summed E-state index contributed by atoms with van der Waals surface area (Å²) >= 11 is 0. The molecule has 1 aromatic heterocycles. The van der Waals surface area contributed by atoms with Gasteiger partial charge in [0.15, 0.2) is 0 Å². The normalized spacial score (nSPS) is 14.3. The molecule has 1 nitrogen and oxygen atoms in total. The number of para-hydroxylation sites is 2. The van der Waals surface area contributed by atoms with Crippen LogP contribution in [0.3, 0.4) is 0 Å². The van der Waals surface area contributed by atoms with Crippen molar-refractivity contribution in [2.24, 2.45) is 10.8 Å². The summed E-state index contributed by atoms with van der Waals surface area (Å²) in [6, 6.07) is 18.3. The summed E-state index contributed by atoms with van der Waals surface area (Å²) in [4.78, 5) is 0. The molecule has 0 fully saturated rings. The lowest BCUT2D eigenvalue weighted by atomic mass is 9.72. The largest absolute Gasteiger partial charge is 0.337 e. The lowest BCUT2D eigenvalue weighted by Crippen LogP contribution is -2.31. The summed E-state index contributed by atoms with van der Waals surface area (Å²) in [6.07, 6.45) is 3.59. The molecule has 0 radical (unpaired) electrons. The Kier molecular flexibility index (Phi) is 4.70. The molecule has 3 rings (SSSR count). The van der Waals surface area contributed by atoms with Crippen molar-refractivity contribution in [2.75, 3.05) is 0 Å². The number of hydrogen-bond acceptors (Lipinski definition) is 0. The molecule has 0 bridgehead atoms. The minimum absolute atomic E-state index is 0.247. The molecule has 0 saturated carbocycles. The molecule has 1 atom stereocenters. The van der Waals surface area contributed by atoms with Gasteiger partial charge in [-0.2, -0.15) is 0 Å². The number of benzene rings is 2. The van der Waals surface area contributed by atoms with Gasteiger partial charge in [0.1, 0.15) is 0 Å². The fourth-order valence-corrected chi connectivity index (χ4v) is 3.91. The quantitative estimate of drug-likeness (QED) is 0.437. The third-order valence-electron chi connectivity index (χ3n) is 6.45. The van der Waals surface area contributed by atoms with Gasteiger partial charge >= 0.3 is 0 Å². The van der Waals surface area contributed by atoms with Gasteiger partial charge in [-0.15, -0.1) is 0 Å². The minimum Gasteiger partial charge on any atom is -0.337 e. The van der Waals surface area contributed by atoms with Crippen LogP contribution in [-0.2, 0) is 0 Å². The first-order valence-corrected chi connectivity index (χ1v) is 9.78. The van der Waals surface area contributed by atoms with Gasteiger partial charge in [0.05, 0.1) is 0 Å². The van der Waals surface area contributed by atoms with Gasteiger partial charge in [-0.3, -0.25) is 0 Å². The molecular formula is C24H33N. The second kappa shape index (κ2) is 6.52. The summed E-state index contributed by atoms with van der Waals surface area (Å²) in [5.74, 6) is 0. The fourth-order valence-electron chi connectivity index (χ4n) is 3.91. The van der Waals surface area contributed by atoms with Crippen molar-refractivity contribution in [1.29, 1.82) is 0 Å². The molecule has 1 heterocycles. The van der Waals surface area contributed by atoms with E-state index in [1.165, 1.54) is 41.1 Å². The Morgan fingerprint density at radius 3 is 1.68 bits per heavy atom. The molecule has 134 valence electrons. The molecule has 1 heteroatoms. The van der Waals surface area contributed by atoms with Crippen molar-refractivity contribution in [1.82, 2.24) is 4.57 Å². The smallest absolute Gasteiger partial charge is 0.0494 e. The monoisotopic (exact) mass is 335 g/mol. The average molecular weight is 336 g/mol. The highest BCUT2D eigenvalue weighted by Gasteiger charge is 2.35. The highest BCUT2D eigenvalue weighted by atomic mass is 15.0. The Hall–Kier alpha value is -1.76. The van der Waals surface area contributed by atoms with Crippen molar-refractivity contribution in [3.63, 3.8) is 0 Å². The van der Waals surface area contributed by atoms with Gasteiger partial charge < -0.3 is 4.57 Å². The summed E-state index contributed by atoms with van der Waals surface area (Å²) in [6.45, 7) is 14.4. The summed E-state index contributed by atoms with van der Waals surface area (Å²) < 4.78 is 2.64. The molecule has 1 unspecified atom stereocenters. The van der Waals surface area contributed by atoms with Gasteiger partial charge in [0, 0.05) is 27.8 Å². The van der Waals surface area contributed by atoms with E-state index in [0.29, 0.717) is 11.5 Å². The van der Waals surface area contributed by atoms with Crippen LogP contribution in [0, 0.1) is 10.8 Å². The summed E-state index contributed by atoms with van der Waals surface area (Å²) in [7, 11) is 0. The van der Waals surface area contributed by atoms with Gasteiger partial charge in [0.2, 0.25) is 0 Å². The Balaban J connectivity index is 2.31. The molecular weight excluding hydrogens is 302 g/mol. The maximum absolute atomic E-state index is 2.64. The van der Waals surface area contributed by atoms with Crippen molar-refractivity contribution in [2.45, 2.75) is 66.8 Å². The topological polar surface area (TPSA) is 4.93 Å². The van der Waals surface area contributed by atoms with Crippen LogP contribution in [0.2, 0.25) is 0 Å². The molecule has 0 amide bonds. The van der Waals surface area contributed by atoms with E-state index < -0.39 is 0 Å². The van der Waals surface area contributed by atoms with Crippen LogP contribution in [0.25, 0.3) is 21.8 Å². The van der Waals surface area contributed by atoms with E-state index in [1.54, 1.807) is 0 Å². The van der Waals surface area contributed by atoms with Crippen molar-refractivity contribution < 1.29 is 0 Å². The third-order valence-corrected chi connectivity index (χ3v) is 6.45. The number of fused-ring (bicyclic) bond motifs is 3. The average Bonchev–Trinajstić information content (AvgIpc) is 2.94. The number of rotatable bonds is 6. The summed E-state index contributed by atoms with van der Waals surface area (Å²) in [5.41, 5.74) is 3.34. The van der Waals surface area contributed by atoms with Gasteiger partial charge in [-0.25, -0.2) is 0 Å². The molecule has 0 aliphatic rings. The fraction of sp³-hybridized carbons (Fsp3) is 0.500. The summed E-state index contributed by atoms with van der Waals surface area (Å²) in [5, 5.41) is 2.76. The SMILES string of the molecule is CCC(C)(C)CC(n1c2ccccc2c2ccccc21)C(C)(C)CC. The van der Waals surface area contributed by atoms with Crippen LogP contribution < -0.4 is 0 Å². The maximum atomic E-state index is 2.64. The van der Waals surface area contributed by atoms with Gasteiger partial charge in [-0.1, -0.05) is 84.4 Å². The zero-order valence-corrected chi connectivity index (χ0v) is 16.8. The zero-order valence-electron chi connectivity index (χ0n) is 16.8. The van der Waals surface area contributed by atoms with Gasteiger partial charge in [0.25, 0.3) is 0 Å². The molecule has 0 aliphatic heterocycles. The highest BCUT2D eigenvalue weighted by molar-refractivity contribution is 6.08. The van der Waals surface area contributed by atoms with E-state index in [1.807, 2.05) is 0 Å². The second-order valence-electron chi connectivity index (χ2n) is 8.98. The van der Waals surface area contributed by atoms with Crippen molar-refractivity contribution >= 4 is 21.8 Å². The van der Waals surface area contributed by atoms with E-state index in [2.05, 4.69) is 94.6 Å². The van der Waals surface area contributed by atoms with Crippen LogP contribution >= 0.6 is 0 Å². The highest BCUT2D eigenvalue weighted by Crippen LogP contribution is 2.46. The zero-order chi connectivity index (χ0) is 18.2. The minimum atomic E-state index is 0.247. The first-order valence-electron chi connectivity index (χ1n) is 9.78. The number of hydrogen-bond donors (Lipinski definition) is 0. The van der Waals surface area contributed by atoms with E-state index in [-0.39, 0.29) is 5.41 Å². The van der Waals surface area contributed by atoms with Crippen molar-refractivity contribution in [3.8, 4) is 0 Å². The first kappa shape index (κ1) is 18.0. The number of aromatic nitrogens is 1. The molecule has 0 saturated heterocycles. The Labute approximate surface area is 153 Å². The predicted octanol–water partition coefficient (Wildman–Crippen LogP) is 7.60. The van der Waals surface area contributed by atoms with Crippen molar-refractivity contribution in [3.05, 3.63) is 48.5 Å². The van der Waals surface area contributed by atoms with Crippen LogP contribution in [-0.4, -0.2) is 4.57 Å². The lowest BCUT2D eigenvalue weighted by Gasteiger charge is -2.40. The van der Waals surface area contributed by atoms with Crippen LogP contribution in [0.1, 0.15) is 66.8 Å². The van der Waals surface area contributed by atoms with Crippen LogP contribution in [0.5, 0.6) is 0 Å². The van der Waals surface area contributed by atoms with E-state index in [4.69, 9.17) is 0 Å². The molecule has 0 N–H and O–H groups in total. The maximum Gasteiger partial charge on any atom is 0.0494 e. The standard InChI is InChI=1S/C24H33N/c1-7-23(3,4)17-22(24(5,6)8-2)25-20-15-11-9-13-18(20)19-14-10-12-16-21(19)25/h9-16,22H,7-8,17H2,1-6H3. The first-order chi connectivity index (χ1) is 11.8. The third kappa shape index (κ3) is 3.21. The molecule has 25 heavy (non-hydrogen) atoms. The predicted molar refractivity (Wildman–Crippen MR) is 111 cm³/mol. The Morgan fingerprint density at radius 2 is 1.24 bits per heavy atom. The Morgan fingerprint density at radius 1 is 0.760 bits per heavy atom. The van der Waals surface area contributed by atoms with Crippen LogP contribution in [0.4, 0.5) is 0 Å². The van der Waals surface area contributed by atoms with Gasteiger partial charge in [-0.05, 0) is 35.8 Å².